The summed E-state index contributed by atoms with van der Waals surface area (Å²) in [6.45, 7) is 8.15. The fourth-order valence-corrected chi connectivity index (χ4v) is 4.01. The lowest BCUT2D eigenvalue weighted by Gasteiger charge is -2.32. The zero-order valence-electron chi connectivity index (χ0n) is 17.0. The van der Waals surface area contributed by atoms with Crippen LogP contribution in [-0.2, 0) is 19.1 Å². The van der Waals surface area contributed by atoms with E-state index in [1.165, 1.54) is 38.5 Å². The number of unbranched alkanes of at least 4 members (excludes halogenated alkanes) is 7. The third-order valence-corrected chi connectivity index (χ3v) is 5.55. The van der Waals surface area contributed by atoms with Crippen molar-refractivity contribution in [2.75, 3.05) is 13.2 Å². The Kier molecular flexibility index (Phi) is 14.5. The lowest BCUT2D eigenvalue weighted by atomic mass is 9.85. The van der Waals surface area contributed by atoms with Gasteiger partial charge in [0.15, 0.2) is 4.08 Å². The molecule has 4 nitrogen and oxygen atoms in total. The Morgan fingerprint density at radius 2 is 1.35 bits per heavy atom. The summed E-state index contributed by atoms with van der Waals surface area (Å²) in [7, 11) is 0. The molecule has 0 N–H and O–H groups in total. The quantitative estimate of drug-likeness (QED) is 0.164. The van der Waals surface area contributed by atoms with Crippen molar-refractivity contribution < 1.29 is 19.1 Å². The second-order valence-electron chi connectivity index (χ2n) is 6.92. The zero-order chi connectivity index (χ0) is 20.0. The Balaban J connectivity index is 4.60. The molecule has 0 aliphatic carbocycles. The molecule has 0 saturated carbocycles. The maximum absolute atomic E-state index is 12.4. The number of hydrogen-bond acceptors (Lipinski definition) is 6. The maximum Gasteiger partial charge on any atom is 0.332 e. The molecule has 0 amide bonds. The van der Waals surface area contributed by atoms with Crippen molar-refractivity contribution in [2.45, 2.75) is 89.6 Å². The van der Waals surface area contributed by atoms with Crippen molar-refractivity contribution in [1.82, 2.24) is 0 Å². The van der Waals surface area contributed by atoms with Crippen LogP contribution in [0.5, 0.6) is 0 Å². The van der Waals surface area contributed by atoms with Gasteiger partial charge >= 0.3 is 11.9 Å². The number of esters is 2. The van der Waals surface area contributed by atoms with Gasteiger partial charge in [-0.1, -0.05) is 65.2 Å². The molecule has 26 heavy (non-hydrogen) atoms. The average Bonchev–Trinajstić information content (AvgIpc) is 2.57. The molecule has 0 radical (unpaired) electrons. The van der Waals surface area contributed by atoms with Crippen molar-refractivity contribution in [3.63, 3.8) is 0 Å². The van der Waals surface area contributed by atoms with Gasteiger partial charge in [-0.05, 0) is 26.2 Å². The van der Waals surface area contributed by atoms with Crippen LogP contribution < -0.4 is 0 Å². The average molecular weight is 407 g/mol. The molecule has 0 aromatic rings. The van der Waals surface area contributed by atoms with Crippen molar-refractivity contribution in [2.24, 2.45) is 11.8 Å². The zero-order valence-corrected chi connectivity index (χ0v) is 18.7. The first-order chi connectivity index (χ1) is 12.3. The lowest BCUT2D eigenvalue weighted by molar-refractivity contribution is -0.157. The fourth-order valence-electron chi connectivity index (χ4n) is 3.16. The summed E-state index contributed by atoms with van der Waals surface area (Å²) in [5.74, 6) is -1.82. The maximum atomic E-state index is 12.4. The first kappa shape index (κ1) is 25.6. The van der Waals surface area contributed by atoms with Crippen LogP contribution in [0.4, 0.5) is 0 Å². The predicted octanol–water partition coefficient (Wildman–Crippen LogP) is 5.45. The molecule has 0 spiro atoms. The number of hydrogen-bond donors (Lipinski definition) is 2. The van der Waals surface area contributed by atoms with Crippen LogP contribution in [-0.4, -0.2) is 29.2 Å². The molecule has 0 saturated heterocycles. The minimum absolute atomic E-state index is 0.0615. The number of rotatable bonds is 15. The molecule has 0 aromatic carbocycles. The molecule has 0 aliphatic rings. The second kappa shape index (κ2) is 14.7. The monoisotopic (exact) mass is 406 g/mol. The number of ether oxygens (including phenoxy) is 2. The van der Waals surface area contributed by atoms with E-state index in [9.17, 15) is 9.59 Å². The Morgan fingerprint density at radius 1 is 0.846 bits per heavy atom. The van der Waals surface area contributed by atoms with Gasteiger partial charge < -0.3 is 9.47 Å². The summed E-state index contributed by atoms with van der Waals surface area (Å²) in [5.41, 5.74) is 0. The van der Waals surface area contributed by atoms with E-state index in [0.29, 0.717) is 0 Å². The van der Waals surface area contributed by atoms with E-state index in [-0.39, 0.29) is 19.1 Å². The van der Waals surface area contributed by atoms with Crippen molar-refractivity contribution in [3.8, 4) is 0 Å². The standard InChI is InChI=1S/C20H38O4S2/c1-5-8-9-10-11-12-13-14-15-16(4)17(18(21)23-6-2)20(25,26)19(22)24-7-3/h16-17,25-26H,5-15H2,1-4H3. The summed E-state index contributed by atoms with van der Waals surface area (Å²) in [6.07, 6.45) is 10.7. The lowest BCUT2D eigenvalue weighted by Crippen LogP contribution is -2.45. The minimum atomic E-state index is -1.48. The Labute approximate surface area is 171 Å². The van der Waals surface area contributed by atoms with Gasteiger partial charge in [0, 0.05) is 0 Å². The van der Waals surface area contributed by atoms with E-state index in [4.69, 9.17) is 9.47 Å². The largest absolute Gasteiger partial charge is 0.466 e. The van der Waals surface area contributed by atoms with Crippen LogP contribution in [0, 0.1) is 11.8 Å². The molecule has 0 heterocycles. The molecule has 0 bridgehead atoms. The van der Waals surface area contributed by atoms with Crippen LogP contribution in [0.25, 0.3) is 0 Å². The Bertz CT molecular complexity index is 399. The molecule has 2 unspecified atom stereocenters. The fraction of sp³-hybridized carbons (Fsp3) is 0.900. The second-order valence-corrected chi connectivity index (χ2v) is 8.68. The molecular weight excluding hydrogens is 368 g/mol. The van der Waals surface area contributed by atoms with E-state index in [0.717, 1.165) is 19.3 Å². The Hall–Kier alpha value is -0.360. The van der Waals surface area contributed by atoms with Crippen LogP contribution in [0.1, 0.15) is 85.5 Å². The van der Waals surface area contributed by atoms with Crippen LogP contribution in [0.2, 0.25) is 0 Å². The first-order valence-corrected chi connectivity index (χ1v) is 11.0. The molecule has 0 rings (SSSR count). The highest BCUT2D eigenvalue weighted by Gasteiger charge is 2.48. The molecule has 2 atom stereocenters. The first-order valence-electron chi connectivity index (χ1n) is 10.1. The van der Waals surface area contributed by atoms with E-state index in [1.807, 2.05) is 6.92 Å². The van der Waals surface area contributed by atoms with Crippen LogP contribution in [0.15, 0.2) is 0 Å². The summed E-state index contributed by atoms with van der Waals surface area (Å²) in [4.78, 5) is 24.7. The third kappa shape index (κ3) is 9.54. The van der Waals surface area contributed by atoms with Gasteiger partial charge in [0.25, 0.3) is 0 Å². The van der Waals surface area contributed by atoms with Crippen molar-refractivity contribution in [1.29, 1.82) is 0 Å². The van der Waals surface area contributed by atoms with Gasteiger partial charge in [-0.2, -0.15) is 0 Å². The van der Waals surface area contributed by atoms with Gasteiger partial charge in [-0.15, -0.1) is 25.3 Å². The van der Waals surface area contributed by atoms with Gasteiger partial charge in [0.2, 0.25) is 0 Å². The highest BCUT2D eigenvalue weighted by molar-refractivity contribution is 8.02. The van der Waals surface area contributed by atoms with Crippen LogP contribution >= 0.6 is 25.3 Å². The molecular formula is C20H38O4S2. The summed E-state index contributed by atoms with van der Waals surface area (Å²) in [6, 6.07) is 0. The van der Waals surface area contributed by atoms with Crippen molar-refractivity contribution >= 4 is 37.2 Å². The minimum Gasteiger partial charge on any atom is -0.466 e. The van der Waals surface area contributed by atoms with E-state index in [1.54, 1.807) is 13.8 Å². The van der Waals surface area contributed by atoms with Gasteiger partial charge in [0.05, 0.1) is 19.1 Å². The topological polar surface area (TPSA) is 52.6 Å². The Morgan fingerprint density at radius 3 is 1.85 bits per heavy atom. The molecule has 6 heteroatoms. The van der Waals surface area contributed by atoms with E-state index >= 15 is 0 Å². The molecule has 0 aromatic heterocycles. The van der Waals surface area contributed by atoms with Gasteiger partial charge in [-0.25, -0.2) is 4.79 Å². The van der Waals surface area contributed by atoms with Crippen molar-refractivity contribution in [3.05, 3.63) is 0 Å². The SMILES string of the molecule is CCCCCCCCCCC(C)C(C(=O)OCC)C(S)(S)C(=O)OCC. The van der Waals surface area contributed by atoms with E-state index < -0.39 is 21.9 Å². The summed E-state index contributed by atoms with van der Waals surface area (Å²) < 4.78 is 8.75. The number of carbonyl (C=O) groups excluding carboxylic acids is 2. The van der Waals surface area contributed by atoms with Gasteiger partial charge in [-0.3, -0.25) is 4.79 Å². The van der Waals surface area contributed by atoms with Crippen LogP contribution in [0.3, 0.4) is 0 Å². The van der Waals surface area contributed by atoms with E-state index in [2.05, 4.69) is 32.2 Å². The summed E-state index contributed by atoms with van der Waals surface area (Å²) in [5, 5.41) is 0. The molecule has 0 fully saturated rings. The highest BCUT2D eigenvalue weighted by Crippen LogP contribution is 2.39. The third-order valence-electron chi connectivity index (χ3n) is 4.63. The smallest absolute Gasteiger partial charge is 0.332 e. The highest BCUT2D eigenvalue weighted by atomic mass is 32.2. The summed E-state index contributed by atoms with van der Waals surface area (Å²) >= 11 is 8.76. The number of thiol groups is 2. The number of carbonyl (C=O) groups is 2. The molecule has 154 valence electrons. The molecule has 0 aliphatic heterocycles. The normalized spacial score (nSPS) is 13.9. The predicted molar refractivity (Wildman–Crippen MR) is 114 cm³/mol. The van der Waals surface area contributed by atoms with Gasteiger partial charge in [0.1, 0.15) is 0 Å².